The fourth-order valence-corrected chi connectivity index (χ4v) is 1.90. The van der Waals surface area contributed by atoms with E-state index in [1.807, 2.05) is 20.8 Å². The van der Waals surface area contributed by atoms with Crippen molar-refractivity contribution in [2.24, 2.45) is 0 Å². The second-order valence-corrected chi connectivity index (χ2v) is 4.07. The van der Waals surface area contributed by atoms with Gasteiger partial charge in [0, 0.05) is 18.1 Å². The fraction of sp³-hybridized carbons (Fsp3) is 0.545. The predicted molar refractivity (Wildman–Crippen MR) is 54.9 cm³/mol. The Labute approximate surface area is 88.8 Å². The summed E-state index contributed by atoms with van der Waals surface area (Å²) in [6.07, 6.45) is 0.676. The fourth-order valence-electron chi connectivity index (χ4n) is 1.90. The van der Waals surface area contributed by atoms with E-state index in [0.717, 1.165) is 11.3 Å². The first kappa shape index (κ1) is 11.8. The molecule has 1 N–H and O–H groups in total. The van der Waals surface area contributed by atoms with Gasteiger partial charge in [-0.3, -0.25) is 0 Å². The number of aliphatic carboxylic acids is 1. The van der Waals surface area contributed by atoms with Crippen LogP contribution in [0.2, 0.25) is 0 Å². The van der Waals surface area contributed by atoms with E-state index in [1.54, 1.807) is 12.3 Å². The van der Waals surface area contributed by atoms with Gasteiger partial charge in [-0.05, 0) is 13.0 Å². The molecule has 0 fully saturated rings. The first-order valence-electron chi connectivity index (χ1n) is 4.71. The minimum absolute atomic E-state index is 0.613. The van der Waals surface area contributed by atoms with Crippen LogP contribution in [-0.2, 0) is 14.9 Å². The van der Waals surface area contributed by atoms with Gasteiger partial charge in [-0.1, -0.05) is 13.8 Å². The van der Waals surface area contributed by atoms with E-state index >= 15 is 0 Å². The van der Waals surface area contributed by atoms with Crippen molar-refractivity contribution >= 4 is 5.97 Å². The molecule has 0 amide bonds. The molecule has 0 radical (unpaired) electrons. The molecule has 0 aliphatic carbocycles. The SMILES string of the molecule is COC(C(=O)O)C(C)(C)c1ccoc1C. The summed E-state index contributed by atoms with van der Waals surface area (Å²) < 4.78 is 10.2. The van der Waals surface area contributed by atoms with Crippen LogP contribution in [0.5, 0.6) is 0 Å². The molecule has 4 nitrogen and oxygen atoms in total. The number of rotatable bonds is 4. The Morgan fingerprint density at radius 1 is 1.60 bits per heavy atom. The Morgan fingerprint density at radius 3 is 2.53 bits per heavy atom. The standard InChI is InChI=1S/C11H16O4/c1-7-8(5-6-15-7)11(2,3)9(14-4)10(12)13/h5-6,9H,1-4H3,(H,12,13). The van der Waals surface area contributed by atoms with Gasteiger partial charge in [0.1, 0.15) is 5.76 Å². The molecule has 1 aromatic rings. The number of methoxy groups -OCH3 is 1. The van der Waals surface area contributed by atoms with Gasteiger partial charge in [-0.15, -0.1) is 0 Å². The average molecular weight is 212 g/mol. The van der Waals surface area contributed by atoms with E-state index in [4.69, 9.17) is 14.3 Å². The molecule has 0 aliphatic heterocycles. The van der Waals surface area contributed by atoms with Crippen molar-refractivity contribution in [1.82, 2.24) is 0 Å². The lowest BCUT2D eigenvalue weighted by atomic mass is 9.79. The zero-order valence-electron chi connectivity index (χ0n) is 9.40. The molecule has 0 bridgehead atoms. The van der Waals surface area contributed by atoms with Crippen LogP contribution in [-0.4, -0.2) is 24.3 Å². The van der Waals surface area contributed by atoms with Crippen LogP contribution in [0.1, 0.15) is 25.2 Å². The highest BCUT2D eigenvalue weighted by Gasteiger charge is 2.38. The lowest BCUT2D eigenvalue weighted by Crippen LogP contribution is -2.41. The Bertz CT molecular complexity index is 351. The number of hydrogen-bond donors (Lipinski definition) is 1. The molecule has 1 heterocycles. The largest absolute Gasteiger partial charge is 0.479 e. The van der Waals surface area contributed by atoms with Gasteiger partial charge in [0.25, 0.3) is 0 Å². The van der Waals surface area contributed by atoms with Crippen LogP contribution >= 0.6 is 0 Å². The summed E-state index contributed by atoms with van der Waals surface area (Å²) in [5, 5.41) is 9.04. The van der Waals surface area contributed by atoms with E-state index < -0.39 is 17.5 Å². The van der Waals surface area contributed by atoms with Crippen molar-refractivity contribution in [3.8, 4) is 0 Å². The number of ether oxygens (including phenoxy) is 1. The number of furan rings is 1. The van der Waals surface area contributed by atoms with Gasteiger partial charge in [-0.2, -0.15) is 0 Å². The number of carboxylic acid groups (broad SMARTS) is 1. The first-order valence-corrected chi connectivity index (χ1v) is 4.71. The highest BCUT2D eigenvalue weighted by molar-refractivity contribution is 5.74. The third kappa shape index (κ3) is 2.04. The maximum Gasteiger partial charge on any atom is 0.333 e. The molecule has 1 atom stereocenters. The lowest BCUT2D eigenvalue weighted by Gasteiger charge is -2.29. The first-order chi connectivity index (χ1) is 6.91. The zero-order valence-corrected chi connectivity index (χ0v) is 9.40. The summed E-state index contributed by atoms with van der Waals surface area (Å²) in [7, 11) is 1.40. The Kier molecular flexibility index (Phi) is 3.19. The van der Waals surface area contributed by atoms with Crippen LogP contribution in [0.25, 0.3) is 0 Å². The third-order valence-electron chi connectivity index (χ3n) is 2.67. The van der Waals surface area contributed by atoms with Crippen LogP contribution in [0, 0.1) is 6.92 Å². The molecule has 0 aliphatic rings. The number of carbonyl (C=O) groups is 1. The molecular formula is C11H16O4. The Morgan fingerprint density at radius 2 is 2.20 bits per heavy atom. The second-order valence-electron chi connectivity index (χ2n) is 4.07. The maximum absolute atomic E-state index is 11.0. The van der Waals surface area contributed by atoms with Crippen molar-refractivity contribution in [2.75, 3.05) is 7.11 Å². The van der Waals surface area contributed by atoms with E-state index in [0.29, 0.717) is 0 Å². The van der Waals surface area contributed by atoms with Gasteiger partial charge < -0.3 is 14.3 Å². The molecule has 0 spiro atoms. The Balaban J connectivity index is 3.11. The summed E-state index contributed by atoms with van der Waals surface area (Å²) in [4.78, 5) is 11.0. The van der Waals surface area contributed by atoms with Crippen molar-refractivity contribution in [3.05, 3.63) is 23.7 Å². The van der Waals surface area contributed by atoms with Crippen molar-refractivity contribution in [1.29, 1.82) is 0 Å². The molecule has 0 saturated heterocycles. The van der Waals surface area contributed by atoms with E-state index in [-0.39, 0.29) is 0 Å². The van der Waals surface area contributed by atoms with E-state index in [1.165, 1.54) is 7.11 Å². The molecule has 0 saturated carbocycles. The van der Waals surface area contributed by atoms with E-state index in [9.17, 15) is 4.79 Å². The number of carboxylic acids is 1. The highest BCUT2D eigenvalue weighted by Crippen LogP contribution is 2.32. The molecule has 4 heteroatoms. The van der Waals surface area contributed by atoms with Crippen LogP contribution in [0.3, 0.4) is 0 Å². The van der Waals surface area contributed by atoms with Gasteiger partial charge in [0.05, 0.1) is 6.26 Å². The van der Waals surface area contributed by atoms with E-state index in [2.05, 4.69) is 0 Å². The highest BCUT2D eigenvalue weighted by atomic mass is 16.5. The lowest BCUT2D eigenvalue weighted by molar-refractivity contribution is -0.152. The van der Waals surface area contributed by atoms with Gasteiger partial charge >= 0.3 is 5.97 Å². The number of hydrogen-bond acceptors (Lipinski definition) is 3. The summed E-state index contributed by atoms with van der Waals surface area (Å²) in [6.45, 7) is 5.46. The molecule has 0 aromatic carbocycles. The van der Waals surface area contributed by atoms with Crippen LogP contribution in [0.4, 0.5) is 0 Å². The molecule has 1 aromatic heterocycles. The minimum Gasteiger partial charge on any atom is -0.479 e. The number of aryl methyl sites for hydroxylation is 1. The normalized spacial score (nSPS) is 13.9. The van der Waals surface area contributed by atoms with Crippen molar-refractivity contribution in [3.63, 3.8) is 0 Å². The molecule has 1 rings (SSSR count). The van der Waals surface area contributed by atoms with Gasteiger partial charge in [0.2, 0.25) is 0 Å². The van der Waals surface area contributed by atoms with Gasteiger partial charge in [-0.25, -0.2) is 4.79 Å². The molecule has 1 unspecified atom stereocenters. The van der Waals surface area contributed by atoms with Crippen LogP contribution < -0.4 is 0 Å². The van der Waals surface area contributed by atoms with Crippen LogP contribution in [0.15, 0.2) is 16.7 Å². The Hall–Kier alpha value is -1.29. The predicted octanol–water partition coefficient (Wildman–Crippen LogP) is 1.97. The zero-order chi connectivity index (χ0) is 11.6. The van der Waals surface area contributed by atoms with Crippen molar-refractivity contribution in [2.45, 2.75) is 32.3 Å². The van der Waals surface area contributed by atoms with Gasteiger partial charge in [0.15, 0.2) is 6.10 Å². The smallest absolute Gasteiger partial charge is 0.333 e. The summed E-state index contributed by atoms with van der Waals surface area (Å²) in [5.41, 5.74) is 0.245. The maximum atomic E-state index is 11.0. The third-order valence-corrected chi connectivity index (χ3v) is 2.67. The topological polar surface area (TPSA) is 59.7 Å². The minimum atomic E-state index is -0.969. The summed E-state index contributed by atoms with van der Waals surface area (Å²) in [5.74, 6) is -0.244. The average Bonchev–Trinajstić information content (AvgIpc) is 2.51. The molecule has 15 heavy (non-hydrogen) atoms. The molecule has 84 valence electrons. The monoisotopic (exact) mass is 212 g/mol. The quantitative estimate of drug-likeness (QED) is 0.828. The summed E-state index contributed by atoms with van der Waals surface area (Å²) in [6, 6.07) is 1.78. The summed E-state index contributed by atoms with van der Waals surface area (Å²) >= 11 is 0. The van der Waals surface area contributed by atoms with Crippen molar-refractivity contribution < 1.29 is 19.1 Å². The molecular weight excluding hydrogens is 196 g/mol. The second kappa shape index (κ2) is 4.06.